The Morgan fingerprint density at radius 1 is 0.591 bits per heavy atom. The maximum absolute atomic E-state index is 2.58. The van der Waals surface area contributed by atoms with Gasteiger partial charge >= 0.3 is 0 Å². The van der Waals surface area contributed by atoms with Crippen LogP contribution < -0.4 is 15.9 Å². The Balaban J connectivity index is 0.000000545. The van der Waals surface area contributed by atoms with Crippen molar-refractivity contribution in [1.82, 2.24) is 0 Å². The van der Waals surface area contributed by atoms with Crippen LogP contribution in [-0.4, -0.2) is 6.16 Å². The SMILES string of the molecule is CCP.c1ccc(P(c2ccccc2)c2ccccc2)cc1. The molecular formula is C20H22P2. The molecule has 0 heterocycles. The number of hydrogen-bond donors (Lipinski definition) is 0. The topological polar surface area (TPSA) is 0 Å². The van der Waals surface area contributed by atoms with Crippen molar-refractivity contribution in [2.24, 2.45) is 0 Å². The summed E-state index contributed by atoms with van der Waals surface area (Å²) in [7, 11) is 2.13. The number of benzene rings is 3. The molecule has 0 nitrogen and oxygen atoms in total. The van der Waals surface area contributed by atoms with E-state index >= 15 is 0 Å². The van der Waals surface area contributed by atoms with Gasteiger partial charge in [0, 0.05) is 0 Å². The van der Waals surface area contributed by atoms with Gasteiger partial charge in [-0.3, -0.25) is 0 Å². The molecule has 0 radical (unpaired) electrons. The third kappa shape index (κ3) is 4.77. The van der Waals surface area contributed by atoms with Crippen LogP contribution in [0.15, 0.2) is 91.0 Å². The molecule has 0 saturated heterocycles. The van der Waals surface area contributed by atoms with Gasteiger partial charge in [0.05, 0.1) is 0 Å². The standard InChI is InChI=1S/C18H15P.C2H7P/c1-4-10-16(11-5-1)19(17-12-6-2-7-13-17)18-14-8-3-9-15-18;1-2-3/h1-15H;2-3H2,1H3. The van der Waals surface area contributed by atoms with Gasteiger partial charge in [-0.1, -0.05) is 97.9 Å². The molecule has 3 rings (SSSR count). The Bertz CT molecular complexity index is 542. The van der Waals surface area contributed by atoms with Crippen LogP contribution >= 0.6 is 17.2 Å². The van der Waals surface area contributed by atoms with Crippen molar-refractivity contribution in [3.05, 3.63) is 91.0 Å². The van der Waals surface area contributed by atoms with Crippen LogP contribution in [0.1, 0.15) is 6.92 Å². The summed E-state index contributed by atoms with van der Waals surface area (Å²) in [6, 6.07) is 32.3. The van der Waals surface area contributed by atoms with Crippen LogP contribution in [0, 0.1) is 0 Å². The van der Waals surface area contributed by atoms with E-state index in [9.17, 15) is 0 Å². The van der Waals surface area contributed by atoms with Gasteiger partial charge in [-0.15, -0.1) is 9.24 Å². The minimum absolute atomic E-state index is 0.446. The lowest BCUT2D eigenvalue weighted by molar-refractivity contribution is 1.53. The van der Waals surface area contributed by atoms with Crippen molar-refractivity contribution in [3.8, 4) is 0 Å². The number of rotatable bonds is 3. The lowest BCUT2D eigenvalue weighted by Gasteiger charge is -2.18. The Labute approximate surface area is 137 Å². The summed E-state index contributed by atoms with van der Waals surface area (Å²) in [5.74, 6) is 0. The Morgan fingerprint density at radius 2 is 0.818 bits per heavy atom. The highest BCUT2D eigenvalue weighted by Gasteiger charge is 2.14. The van der Waals surface area contributed by atoms with E-state index < -0.39 is 7.92 Å². The Morgan fingerprint density at radius 3 is 1.05 bits per heavy atom. The van der Waals surface area contributed by atoms with Crippen molar-refractivity contribution in [2.45, 2.75) is 6.92 Å². The molecule has 2 heteroatoms. The van der Waals surface area contributed by atoms with E-state index in [0.717, 1.165) is 0 Å². The van der Waals surface area contributed by atoms with E-state index in [0.29, 0.717) is 0 Å². The predicted octanol–water partition coefficient (Wildman–Crippen LogP) is 4.33. The molecule has 0 bridgehead atoms. The largest absolute Gasteiger partial charge is 0.138 e. The molecule has 3 aromatic rings. The van der Waals surface area contributed by atoms with Gasteiger partial charge in [0.15, 0.2) is 0 Å². The molecule has 3 aromatic carbocycles. The lowest BCUT2D eigenvalue weighted by atomic mass is 10.4. The first-order valence-corrected chi connectivity index (χ1v) is 9.68. The number of hydrogen-bond acceptors (Lipinski definition) is 0. The highest BCUT2D eigenvalue weighted by molar-refractivity contribution is 7.79. The molecule has 0 saturated carbocycles. The van der Waals surface area contributed by atoms with Crippen LogP contribution in [0.2, 0.25) is 0 Å². The molecule has 112 valence electrons. The summed E-state index contributed by atoms with van der Waals surface area (Å²) in [5, 5.41) is 4.19. The molecule has 0 N–H and O–H groups in total. The van der Waals surface area contributed by atoms with Crippen LogP contribution in [0.25, 0.3) is 0 Å². The van der Waals surface area contributed by atoms with Gasteiger partial charge in [0.25, 0.3) is 0 Å². The van der Waals surface area contributed by atoms with E-state index in [2.05, 4.69) is 107 Å². The van der Waals surface area contributed by atoms with Gasteiger partial charge in [-0.05, 0) is 30.0 Å². The predicted molar refractivity (Wildman–Crippen MR) is 105 cm³/mol. The van der Waals surface area contributed by atoms with Crippen molar-refractivity contribution in [1.29, 1.82) is 0 Å². The smallest absolute Gasteiger partial charge is 0.0134 e. The second-order valence-corrected chi connectivity index (χ2v) is 7.79. The van der Waals surface area contributed by atoms with E-state index in [1.807, 2.05) is 0 Å². The van der Waals surface area contributed by atoms with Gasteiger partial charge in [0.2, 0.25) is 0 Å². The van der Waals surface area contributed by atoms with Crippen LogP contribution in [0.4, 0.5) is 0 Å². The first kappa shape index (κ1) is 16.9. The normalized spacial score (nSPS) is 9.95. The zero-order chi connectivity index (χ0) is 15.6. The first-order chi connectivity index (χ1) is 10.9. The van der Waals surface area contributed by atoms with Crippen molar-refractivity contribution in [3.63, 3.8) is 0 Å². The van der Waals surface area contributed by atoms with Crippen LogP contribution in [0.3, 0.4) is 0 Å². The monoisotopic (exact) mass is 324 g/mol. The van der Waals surface area contributed by atoms with Crippen LogP contribution in [0.5, 0.6) is 0 Å². The van der Waals surface area contributed by atoms with E-state index in [1.165, 1.54) is 22.1 Å². The van der Waals surface area contributed by atoms with Gasteiger partial charge < -0.3 is 0 Å². The zero-order valence-electron chi connectivity index (χ0n) is 12.9. The maximum atomic E-state index is 2.58. The molecule has 0 aliphatic carbocycles. The molecule has 0 fully saturated rings. The van der Waals surface area contributed by atoms with E-state index in [4.69, 9.17) is 0 Å². The van der Waals surface area contributed by atoms with E-state index in [1.54, 1.807) is 0 Å². The van der Waals surface area contributed by atoms with Crippen molar-refractivity contribution >= 4 is 33.1 Å². The molecule has 1 unspecified atom stereocenters. The molecule has 22 heavy (non-hydrogen) atoms. The first-order valence-electron chi connectivity index (χ1n) is 7.52. The van der Waals surface area contributed by atoms with Gasteiger partial charge in [-0.2, -0.15) is 0 Å². The molecule has 0 aliphatic heterocycles. The van der Waals surface area contributed by atoms with Gasteiger partial charge in [-0.25, -0.2) is 0 Å². The molecule has 0 amide bonds. The van der Waals surface area contributed by atoms with Crippen molar-refractivity contribution in [2.75, 3.05) is 6.16 Å². The summed E-state index contributed by atoms with van der Waals surface area (Å²) in [4.78, 5) is 0. The minimum Gasteiger partial charge on any atom is -0.138 e. The Kier molecular flexibility index (Phi) is 7.31. The minimum atomic E-state index is -0.446. The second kappa shape index (κ2) is 9.52. The molecular weight excluding hydrogens is 302 g/mol. The maximum Gasteiger partial charge on any atom is -0.0134 e. The van der Waals surface area contributed by atoms with Crippen LogP contribution in [-0.2, 0) is 0 Å². The fourth-order valence-corrected chi connectivity index (χ4v) is 4.48. The second-order valence-electron chi connectivity index (χ2n) is 4.75. The highest BCUT2D eigenvalue weighted by atomic mass is 31.1. The third-order valence-corrected chi connectivity index (χ3v) is 5.49. The third-order valence-electron chi connectivity index (χ3n) is 3.04. The molecule has 0 spiro atoms. The fraction of sp³-hybridized carbons (Fsp3) is 0.100. The Hall–Kier alpha value is -1.48. The fourth-order valence-electron chi connectivity index (χ4n) is 2.18. The van der Waals surface area contributed by atoms with Crippen molar-refractivity contribution < 1.29 is 0 Å². The summed E-state index contributed by atoms with van der Waals surface area (Å²) >= 11 is 0. The highest BCUT2D eigenvalue weighted by Crippen LogP contribution is 2.32. The van der Waals surface area contributed by atoms with Gasteiger partial charge in [0.1, 0.15) is 0 Å². The summed E-state index contributed by atoms with van der Waals surface area (Å²) in [5.41, 5.74) is 0. The lowest BCUT2D eigenvalue weighted by Crippen LogP contribution is -2.20. The molecule has 0 aliphatic rings. The average Bonchev–Trinajstić information content (AvgIpc) is 2.59. The summed E-state index contributed by atoms with van der Waals surface area (Å²) < 4.78 is 0. The molecule has 0 aromatic heterocycles. The van der Waals surface area contributed by atoms with E-state index in [-0.39, 0.29) is 0 Å². The molecule has 1 atom stereocenters. The average molecular weight is 324 g/mol. The quantitative estimate of drug-likeness (QED) is 0.629. The zero-order valence-corrected chi connectivity index (χ0v) is 14.9. The summed E-state index contributed by atoms with van der Waals surface area (Å²) in [6.07, 6.45) is 1.17. The summed E-state index contributed by atoms with van der Waals surface area (Å²) in [6.45, 7) is 2.09.